The average molecular weight is 513 g/mol. The topological polar surface area (TPSA) is 94.8 Å². The van der Waals surface area contributed by atoms with Crippen LogP contribution in [0.25, 0.3) is 0 Å². The second-order valence-corrected chi connectivity index (χ2v) is 11.3. The molecule has 4 unspecified atom stereocenters. The number of carboxylic acid groups (broad SMARTS) is 2. The van der Waals surface area contributed by atoms with Crippen LogP contribution in [0, 0.1) is 17.8 Å². The number of rotatable bonds is 27. The molecule has 0 heterocycles. The Bertz CT molecular complexity index is 521. The third-order valence-electron chi connectivity index (χ3n) is 7.88. The molecule has 4 atom stereocenters. The second kappa shape index (κ2) is 24.2. The number of unbranched alkanes of at least 4 members (excludes halogenated alkanes) is 17. The molecule has 0 saturated heterocycles. The first-order chi connectivity index (χ1) is 17.3. The Morgan fingerprint density at radius 2 is 0.861 bits per heavy atom. The first-order valence-corrected chi connectivity index (χ1v) is 15.5. The van der Waals surface area contributed by atoms with Crippen LogP contribution < -0.4 is 0 Å². The van der Waals surface area contributed by atoms with Crippen molar-refractivity contribution in [2.24, 2.45) is 17.8 Å². The number of hydrogen-bond acceptors (Lipinski definition) is 3. The molecule has 0 aliphatic heterocycles. The van der Waals surface area contributed by atoms with Gasteiger partial charge in [0.1, 0.15) is 0 Å². The van der Waals surface area contributed by atoms with E-state index in [1.807, 2.05) is 6.92 Å². The van der Waals surface area contributed by atoms with Gasteiger partial charge in [-0.25, -0.2) is 0 Å². The highest BCUT2D eigenvalue weighted by molar-refractivity contribution is 5.72. The SMILES string of the molecule is CCCCCCCCCCCCC(C(=O)O)C(C)CC(C(=O)O)C(O)CCCCCCCCCCC. The molecule has 36 heavy (non-hydrogen) atoms. The summed E-state index contributed by atoms with van der Waals surface area (Å²) in [6, 6.07) is 0. The number of aliphatic hydroxyl groups is 1. The summed E-state index contributed by atoms with van der Waals surface area (Å²) in [6.45, 7) is 6.29. The fraction of sp³-hybridized carbons (Fsp3) is 0.935. The molecule has 0 radical (unpaired) electrons. The molecule has 0 fully saturated rings. The third kappa shape index (κ3) is 19.1. The molecule has 0 aromatic rings. The Kier molecular flexibility index (Phi) is 23.5. The third-order valence-corrected chi connectivity index (χ3v) is 7.88. The minimum absolute atomic E-state index is 0.225. The molecule has 3 N–H and O–H groups in total. The van der Waals surface area contributed by atoms with Crippen molar-refractivity contribution in [3.8, 4) is 0 Å². The standard InChI is InChI=1S/C31H60O5/c1-4-6-8-10-12-14-16-17-19-21-23-27(30(33)34)26(3)25-28(31(35)36)29(32)24-22-20-18-15-13-11-9-7-5-2/h26-29,32H,4-25H2,1-3H3,(H,33,34)(H,35,36). The molecule has 0 bridgehead atoms. The molecule has 5 heteroatoms. The smallest absolute Gasteiger partial charge is 0.309 e. The van der Waals surface area contributed by atoms with Gasteiger partial charge >= 0.3 is 11.9 Å². The van der Waals surface area contributed by atoms with Crippen LogP contribution in [0.2, 0.25) is 0 Å². The van der Waals surface area contributed by atoms with Crippen molar-refractivity contribution in [2.45, 2.75) is 168 Å². The number of aliphatic hydroxyl groups excluding tert-OH is 1. The van der Waals surface area contributed by atoms with E-state index in [0.717, 1.165) is 38.5 Å². The molecule has 0 spiro atoms. The molecule has 0 aliphatic carbocycles. The van der Waals surface area contributed by atoms with Gasteiger partial charge < -0.3 is 15.3 Å². The second-order valence-electron chi connectivity index (χ2n) is 11.3. The summed E-state index contributed by atoms with van der Waals surface area (Å²) in [5.41, 5.74) is 0. The summed E-state index contributed by atoms with van der Waals surface area (Å²) < 4.78 is 0. The summed E-state index contributed by atoms with van der Waals surface area (Å²) in [6.07, 6.45) is 23.1. The van der Waals surface area contributed by atoms with Crippen molar-refractivity contribution in [3.63, 3.8) is 0 Å². The van der Waals surface area contributed by atoms with E-state index >= 15 is 0 Å². The zero-order valence-corrected chi connectivity index (χ0v) is 24.0. The molecule has 5 nitrogen and oxygen atoms in total. The van der Waals surface area contributed by atoms with Gasteiger partial charge in [-0.15, -0.1) is 0 Å². The predicted octanol–water partition coefficient (Wildman–Crippen LogP) is 9.01. The van der Waals surface area contributed by atoms with E-state index < -0.39 is 29.9 Å². The van der Waals surface area contributed by atoms with E-state index in [4.69, 9.17) is 0 Å². The van der Waals surface area contributed by atoms with Gasteiger partial charge in [0.15, 0.2) is 0 Å². The largest absolute Gasteiger partial charge is 0.481 e. The fourth-order valence-corrected chi connectivity index (χ4v) is 5.36. The van der Waals surface area contributed by atoms with Crippen LogP contribution in [0.1, 0.15) is 162 Å². The van der Waals surface area contributed by atoms with Crippen molar-refractivity contribution in [2.75, 3.05) is 0 Å². The minimum atomic E-state index is -1.01. The minimum Gasteiger partial charge on any atom is -0.481 e. The maximum absolute atomic E-state index is 11.9. The molecule has 0 aromatic heterocycles. The van der Waals surface area contributed by atoms with E-state index in [2.05, 4.69) is 13.8 Å². The maximum atomic E-state index is 11.9. The number of carbonyl (C=O) groups is 2. The van der Waals surface area contributed by atoms with Crippen LogP contribution in [0.15, 0.2) is 0 Å². The molecule has 0 amide bonds. The zero-order valence-electron chi connectivity index (χ0n) is 24.0. The van der Waals surface area contributed by atoms with E-state index in [-0.39, 0.29) is 12.3 Å². The van der Waals surface area contributed by atoms with E-state index in [9.17, 15) is 24.9 Å². The van der Waals surface area contributed by atoms with Gasteiger partial charge in [0, 0.05) is 0 Å². The predicted molar refractivity (Wildman–Crippen MR) is 150 cm³/mol. The summed E-state index contributed by atoms with van der Waals surface area (Å²) in [5, 5.41) is 30.1. The Hall–Kier alpha value is -1.10. The lowest BCUT2D eigenvalue weighted by Gasteiger charge is -2.26. The maximum Gasteiger partial charge on any atom is 0.309 e. The van der Waals surface area contributed by atoms with Gasteiger partial charge in [0.2, 0.25) is 0 Å². The lowest BCUT2D eigenvalue weighted by molar-refractivity contribution is -0.150. The number of carboxylic acids is 2. The number of aliphatic carboxylic acids is 2. The molecule has 0 saturated carbocycles. The normalized spacial score (nSPS) is 14.9. The number of hydrogen-bond donors (Lipinski definition) is 3. The Morgan fingerprint density at radius 1 is 0.528 bits per heavy atom. The van der Waals surface area contributed by atoms with Crippen LogP contribution in [-0.2, 0) is 9.59 Å². The van der Waals surface area contributed by atoms with Crippen LogP contribution >= 0.6 is 0 Å². The monoisotopic (exact) mass is 512 g/mol. The molecule has 214 valence electrons. The average Bonchev–Trinajstić information content (AvgIpc) is 2.84. The van der Waals surface area contributed by atoms with Crippen molar-refractivity contribution in [3.05, 3.63) is 0 Å². The van der Waals surface area contributed by atoms with E-state index in [1.165, 1.54) is 83.5 Å². The van der Waals surface area contributed by atoms with Gasteiger partial charge in [-0.2, -0.15) is 0 Å². The van der Waals surface area contributed by atoms with Crippen molar-refractivity contribution in [1.82, 2.24) is 0 Å². The first kappa shape index (κ1) is 34.9. The van der Waals surface area contributed by atoms with Gasteiger partial charge in [-0.1, -0.05) is 143 Å². The quantitative estimate of drug-likeness (QED) is 0.0954. The fourth-order valence-electron chi connectivity index (χ4n) is 5.36. The molecule has 0 rings (SSSR count). The highest BCUT2D eigenvalue weighted by atomic mass is 16.4. The van der Waals surface area contributed by atoms with E-state index in [0.29, 0.717) is 12.8 Å². The van der Waals surface area contributed by atoms with Crippen molar-refractivity contribution < 1.29 is 24.9 Å². The van der Waals surface area contributed by atoms with Crippen LogP contribution in [0.5, 0.6) is 0 Å². The summed E-state index contributed by atoms with van der Waals surface area (Å²) in [5.74, 6) is -3.53. The van der Waals surface area contributed by atoms with Crippen LogP contribution in [-0.4, -0.2) is 33.4 Å². The lowest BCUT2D eigenvalue weighted by atomic mass is 9.80. The lowest BCUT2D eigenvalue weighted by Crippen LogP contribution is -2.33. The van der Waals surface area contributed by atoms with Crippen LogP contribution in [0.3, 0.4) is 0 Å². The Labute approximate surface area is 222 Å². The van der Waals surface area contributed by atoms with Gasteiger partial charge in [-0.05, 0) is 25.2 Å². The molecule has 0 aromatic carbocycles. The van der Waals surface area contributed by atoms with Gasteiger partial charge in [0.25, 0.3) is 0 Å². The van der Waals surface area contributed by atoms with E-state index in [1.54, 1.807) is 0 Å². The van der Waals surface area contributed by atoms with Crippen molar-refractivity contribution >= 4 is 11.9 Å². The van der Waals surface area contributed by atoms with Crippen molar-refractivity contribution in [1.29, 1.82) is 0 Å². The molecular formula is C31H60O5. The molecule has 0 aliphatic rings. The summed E-state index contributed by atoms with van der Waals surface area (Å²) in [4.78, 5) is 23.8. The highest BCUT2D eigenvalue weighted by Crippen LogP contribution is 2.29. The Morgan fingerprint density at radius 3 is 1.22 bits per heavy atom. The Balaban J connectivity index is 4.25. The molecular weight excluding hydrogens is 452 g/mol. The zero-order chi connectivity index (χ0) is 27.0. The van der Waals surface area contributed by atoms with Crippen LogP contribution in [0.4, 0.5) is 0 Å². The van der Waals surface area contributed by atoms with Gasteiger partial charge in [0.05, 0.1) is 17.9 Å². The van der Waals surface area contributed by atoms with Gasteiger partial charge in [-0.3, -0.25) is 9.59 Å². The summed E-state index contributed by atoms with van der Waals surface area (Å²) >= 11 is 0. The first-order valence-electron chi connectivity index (χ1n) is 15.5. The highest BCUT2D eigenvalue weighted by Gasteiger charge is 2.33. The summed E-state index contributed by atoms with van der Waals surface area (Å²) in [7, 11) is 0.